The summed E-state index contributed by atoms with van der Waals surface area (Å²) in [5.74, 6) is 0.537. The van der Waals surface area contributed by atoms with Crippen molar-refractivity contribution in [3.05, 3.63) is 34.1 Å². The molecule has 1 N–H and O–H groups in total. The minimum atomic E-state index is -0.189. The van der Waals surface area contributed by atoms with Gasteiger partial charge in [0.25, 0.3) is 0 Å². The molecule has 0 radical (unpaired) electrons. The predicted molar refractivity (Wildman–Crippen MR) is 81.7 cm³/mol. The molecule has 106 valence electrons. The highest BCUT2D eigenvalue weighted by Crippen LogP contribution is 2.28. The highest BCUT2D eigenvalue weighted by atomic mass is 79.9. The van der Waals surface area contributed by atoms with Crippen LogP contribution in [0.3, 0.4) is 0 Å². The predicted octanol–water partition coefficient (Wildman–Crippen LogP) is 5.21. The Kier molecular flexibility index (Phi) is 5.40. The fourth-order valence-electron chi connectivity index (χ4n) is 3.00. The van der Waals surface area contributed by atoms with Crippen LogP contribution in [0.5, 0.6) is 0 Å². The quantitative estimate of drug-likeness (QED) is 0.751. The first-order valence-electron chi connectivity index (χ1n) is 7.29. The van der Waals surface area contributed by atoms with E-state index in [9.17, 15) is 4.39 Å². The molecule has 0 spiro atoms. The smallest absolute Gasteiger partial charge is 0.124 e. The van der Waals surface area contributed by atoms with Gasteiger partial charge in [0.2, 0.25) is 0 Å². The lowest BCUT2D eigenvalue weighted by Crippen LogP contribution is -2.36. The van der Waals surface area contributed by atoms with E-state index in [-0.39, 0.29) is 11.9 Å². The Balaban J connectivity index is 2.04. The first-order valence-corrected chi connectivity index (χ1v) is 8.08. The van der Waals surface area contributed by atoms with Crippen LogP contribution in [0.1, 0.15) is 57.6 Å². The van der Waals surface area contributed by atoms with Gasteiger partial charge in [-0.2, -0.15) is 0 Å². The SMILES string of the molecule is CC(NC1CCCCCC1C)c1ccc(F)cc1Br. The van der Waals surface area contributed by atoms with Crippen LogP contribution in [-0.4, -0.2) is 6.04 Å². The molecule has 3 heteroatoms. The molecule has 0 aliphatic heterocycles. The van der Waals surface area contributed by atoms with Crippen molar-refractivity contribution >= 4 is 15.9 Å². The number of hydrogen-bond donors (Lipinski definition) is 1. The van der Waals surface area contributed by atoms with Crippen LogP contribution in [0, 0.1) is 11.7 Å². The van der Waals surface area contributed by atoms with E-state index < -0.39 is 0 Å². The summed E-state index contributed by atoms with van der Waals surface area (Å²) in [6, 6.07) is 5.78. The van der Waals surface area contributed by atoms with Gasteiger partial charge in [-0.05, 0) is 43.4 Å². The van der Waals surface area contributed by atoms with Crippen LogP contribution < -0.4 is 5.32 Å². The Morgan fingerprint density at radius 3 is 2.74 bits per heavy atom. The molecule has 0 heterocycles. The highest BCUT2D eigenvalue weighted by molar-refractivity contribution is 9.10. The molecule has 0 amide bonds. The first-order chi connectivity index (χ1) is 9.08. The van der Waals surface area contributed by atoms with Crippen LogP contribution in [0.15, 0.2) is 22.7 Å². The first kappa shape index (κ1) is 15.0. The molecule has 2 rings (SSSR count). The summed E-state index contributed by atoms with van der Waals surface area (Å²) in [5, 5.41) is 3.73. The molecule has 0 saturated heterocycles. The van der Waals surface area contributed by atoms with Crippen molar-refractivity contribution in [1.82, 2.24) is 5.32 Å². The van der Waals surface area contributed by atoms with E-state index in [1.807, 2.05) is 6.07 Å². The fourth-order valence-corrected chi connectivity index (χ4v) is 3.70. The van der Waals surface area contributed by atoms with Crippen LogP contribution in [0.2, 0.25) is 0 Å². The Bertz CT molecular complexity index is 421. The van der Waals surface area contributed by atoms with Crippen molar-refractivity contribution in [2.75, 3.05) is 0 Å². The van der Waals surface area contributed by atoms with Crippen LogP contribution in [-0.2, 0) is 0 Å². The molecule has 0 bridgehead atoms. The van der Waals surface area contributed by atoms with E-state index in [2.05, 4.69) is 35.1 Å². The number of rotatable bonds is 3. The maximum atomic E-state index is 13.1. The summed E-state index contributed by atoms with van der Waals surface area (Å²) in [4.78, 5) is 0. The number of nitrogens with one attached hydrogen (secondary N) is 1. The van der Waals surface area contributed by atoms with Crippen molar-refractivity contribution in [3.63, 3.8) is 0 Å². The van der Waals surface area contributed by atoms with Gasteiger partial charge in [0, 0.05) is 16.6 Å². The summed E-state index contributed by atoms with van der Waals surface area (Å²) < 4.78 is 14.0. The molecule has 1 saturated carbocycles. The third-order valence-corrected chi connectivity index (χ3v) is 4.94. The third-order valence-electron chi connectivity index (χ3n) is 4.25. The number of halogens is 2. The summed E-state index contributed by atoms with van der Waals surface area (Å²) in [7, 11) is 0. The van der Waals surface area contributed by atoms with E-state index in [4.69, 9.17) is 0 Å². The second kappa shape index (κ2) is 6.85. The molecule has 19 heavy (non-hydrogen) atoms. The number of hydrogen-bond acceptors (Lipinski definition) is 1. The summed E-state index contributed by atoms with van der Waals surface area (Å²) in [5.41, 5.74) is 1.14. The third kappa shape index (κ3) is 4.03. The normalized spacial score (nSPS) is 25.9. The molecule has 1 aromatic rings. The van der Waals surface area contributed by atoms with Crippen molar-refractivity contribution in [3.8, 4) is 0 Å². The monoisotopic (exact) mass is 327 g/mol. The van der Waals surface area contributed by atoms with E-state index in [0.717, 1.165) is 16.0 Å². The maximum Gasteiger partial charge on any atom is 0.124 e. The molecular formula is C16H23BrFN. The standard InChI is InChI=1S/C16H23BrFN/c1-11-6-4-3-5-7-16(11)19-12(2)14-9-8-13(18)10-15(14)17/h8-12,16,19H,3-7H2,1-2H3. The zero-order valence-electron chi connectivity index (χ0n) is 11.8. The second-order valence-electron chi connectivity index (χ2n) is 5.78. The van der Waals surface area contributed by atoms with Crippen molar-refractivity contribution in [2.45, 2.75) is 58.0 Å². The van der Waals surface area contributed by atoms with Gasteiger partial charge in [-0.25, -0.2) is 4.39 Å². The second-order valence-corrected chi connectivity index (χ2v) is 6.63. The molecule has 0 aromatic heterocycles. The summed E-state index contributed by atoms with van der Waals surface area (Å²) in [6.45, 7) is 4.50. The zero-order valence-corrected chi connectivity index (χ0v) is 13.3. The lowest BCUT2D eigenvalue weighted by molar-refractivity contribution is 0.329. The average Bonchev–Trinajstić information content (AvgIpc) is 2.55. The molecule has 1 aliphatic carbocycles. The average molecular weight is 328 g/mol. The molecule has 1 nitrogen and oxygen atoms in total. The highest BCUT2D eigenvalue weighted by Gasteiger charge is 2.22. The molecule has 1 aliphatic rings. The fraction of sp³-hybridized carbons (Fsp3) is 0.625. The van der Waals surface area contributed by atoms with E-state index >= 15 is 0 Å². The lowest BCUT2D eigenvalue weighted by atomic mass is 9.95. The van der Waals surface area contributed by atoms with Crippen LogP contribution in [0.4, 0.5) is 4.39 Å². The Labute approximate surface area is 124 Å². The van der Waals surface area contributed by atoms with Gasteiger partial charge in [-0.1, -0.05) is 48.2 Å². The van der Waals surface area contributed by atoms with E-state index in [1.165, 1.54) is 38.2 Å². The van der Waals surface area contributed by atoms with E-state index in [1.54, 1.807) is 6.07 Å². The van der Waals surface area contributed by atoms with Gasteiger partial charge in [0.1, 0.15) is 5.82 Å². The minimum Gasteiger partial charge on any atom is -0.307 e. The zero-order chi connectivity index (χ0) is 13.8. The molecular weight excluding hydrogens is 305 g/mol. The Morgan fingerprint density at radius 2 is 2.00 bits per heavy atom. The summed E-state index contributed by atoms with van der Waals surface area (Å²) >= 11 is 3.46. The summed E-state index contributed by atoms with van der Waals surface area (Å²) in [6.07, 6.45) is 6.60. The Hall–Kier alpha value is -0.410. The van der Waals surface area contributed by atoms with Crippen LogP contribution in [0.25, 0.3) is 0 Å². The topological polar surface area (TPSA) is 12.0 Å². The van der Waals surface area contributed by atoms with Crippen molar-refractivity contribution < 1.29 is 4.39 Å². The maximum absolute atomic E-state index is 13.1. The van der Waals surface area contributed by atoms with E-state index in [0.29, 0.717) is 6.04 Å². The minimum absolute atomic E-state index is 0.189. The molecule has 1 fully saturated rings. The van der Waals surface area contributed by atoms with Gasteiger partial charge in [-0.3, -0.25) is 0 Å². The van der Waals surface area contributed by atoms with Crippen molar-refractivity contribution in [2.24, 2.45) is 5.92 Å². The molecule has 3 unspecified atom stereocenters. The van der Waals surface area contributed by atoms with Gasteiger partial charge < -0.3 is 5.32 Å². The van der Waals surface area contributed by atoms with Gasteiger partial charge >= 0.3 is 0 Å². The Morgan fingerprint density at radius 1 is 1.26 bits per heavy atom. The van der Waals surface area contributed by atoms with Crippen molar-refractivity contribution in [1.29, 1.82) is 0 Å². The largest absolute Gasteiger partial charge is 0.307 e. The van der Waals surface area contributed by atoms with Gasteiger partial charge in [-0.15, -0.1) is 0 Å². The molecule has 3 atom stereocenters. The van der Waals surface area contributed by atoms with Gasteiger partial charge in [0.05, 0.1) is 0 Å². The lowest BCUT2D eigenvalue weighted by Gasteiger charge is -2.27. The van der Waals surface area contributed by atoms with Crippen LogP contribution >= 0.6 is 15.9 Å². The number of benzene rings is 1. The van der Waals surface area contributed by atoms with Gasteiger partial charge in [0.15, 0.2) is 0 Å². The molecule has 1 aromatic carbocycles.